The first-order valence-corrected chi connectivity index (χ1v) is 5.48. The first-order valence-electron chi connectivity index (χ1n) is 5.48. The number of esters is 1. The van der Waals surface area contributed by atoms with E-state index in [1.165, 1.54) is 0 Å². The van der Waals surface area contributed by atoms with Crippen molar-refractivity contribution in [2.75, 3.05) is 12.3 Å². The van der Waals surface area contributed by atoms with Crippen LogP contribution in [0.3, 0.4) is 0 Å². The predicted molar refractivity (Wildman–Crippen MR) is 65.0 cm³/mol. The monoisotopic (exact) mass is 247 g/mol. The zero-order chi connectivity index (χ0) is 13.3. The van der Waals surface area contributed by atoms with Crippen LogP contribution in [0.25, 0.3) is 11.2 Å². The summed E-state index contributed by atoms with van der Waals surface area (Å²) in [4.78, 5) is 28.1. The second-order valence-electron chi connectivity index (χ2n) is 3.72. The number of aryl methyl sites for hydroxylation is 2. The molecule has 0 aromatic carbocycles. The summed E-state index contributed by atoms with van der Waals surface area (Å²) in [7, 11) is 0. The van der Waals surface area contributed by atoms with Crippen molar-refractivity contribution in [3.05, 3.63) is 17.1 Å². The molecular formula is C11H13N5O2. The van der Waals surface area contributed by atoms with Gasteiger partial charge in [0, 0.05) is 0 Å². The minimum absolute atomic E-state index is 0.0249. The number of hydrogen-bond acceptors (Lipinski definition) is 7. The van der Waals surface area contributed by atoms with Gasteiger partial charge in [-0.3, -0.25) is 0 Å². The lowest BCUT2D eigenvalue weighted by Crippen LogP contribution is -2.12. The first kappa shape index (κ1) is 12.2. The number of carbonyl (C=O) groups is 1. The van der Waals surface area contributed by atoms with Crippen LogP contribution in [0.5, 0.6) is 0 Å². The Morgan fingerprint density at radius 3 is 2.50 bits per heavy atom. The molecule has 7 heteroatoms. The summed E-state index contributed by atoms with van der Waals surface area (Å²) in [5.74, 6) is -0.600. The standard InChI is InChI=1S/C11H13N5O2/c1-4-18-10(17)8-7-9(16-11(12)15-8)14-6(3)5(2)13-7/h4H2,1-3H3,(H2,12,14,15,16). The van der Waals surface area contributed by atoms with Crippen molar-refractivity contribution in [3.8, 4) is 0 Å². The highest BCUT2D eigenvalue weighted by Gasteiger charge is 2.18. The minimum atomic E-state index is -0.575. The number of hydrogen-bond donors (Lipinski definition) is 1. The quantitative estimate of drug-likeness (QED) is 0.782. The molecule has 0 atom stereocenters. The van der Waals surface area contributed by atoms with E-state index in [1.807, 2.05) is 6.92 Å². The molecule has 0 saturated heterocycles. The maximum Gasteiger partial charge on any atom is 0.359 e. The van der Waals surface area contributed by atoms with Crippen LogP contribution in [-0.2, 0) is 4.74 Å². The van der Waals surface area contributed by atoms with Gasteiger partial charge in [-0.25, -0.2) is 19.7 Å². The largest absolute Gasteiger partial charge is 0.461 e. The number of ether oxygens (including phenoxy) is 1. The molecule has 2 heterocycles. The van der Waals surface area contributed by atoms with Gasteiger partial charge in [0.1, 0.15) is 5.52 Å². The molecule has 7 nitrogen and oxygen atoms in total. The van der Waals surface area contributed by atoms with Gasteiger partial charge in [0.2, 0.25) is 5.95 Å². The van der Waals surface area contributed by atoms with E-state index in [1.54, 1.807) is 13.8 Å². The van der Waals surface area contributed by atoms with Crippen LogP contribution in [0.1, 0.15) is 28.8 Å². The molecule has 0 fully saturated rings. The first-order chi connectivity index (χ1) is 8.52. The molecule has 0 aliphatic carbocycles. The zero-order valence-corrected chi connectivity index (χ0v) is 10.4. The predicted octanol–water partition coefficient (Wildman–Crippen LogP) is 0.796. The van der Waals surface area contributed by atoms with Gasteiger partial charge in [0.15, 0.2) is 11.3 Å². The number of aromatic nitrogens is 4. The molecule has 0 radical (unpaired) electrons. The van der Waals surface area contributed by atoms with Crippen LogP contribution in [0.4, 0.5) is 5.95 Å². The van der Waals surface area contributed by atoms with E-state index in [-0.39, 0.29) is 18.2 Å². The van der Waals surface area contributed by atoms with E-state index >= 15 is 0 Å². The molecule has 2 aromatic heterocycles. The molecule has 0 amide bonds. The summed E-state index contributed by atoms with van der Waals surface area (Å²) in [5.41, 5.74) is 7.65. The molecule has 94 valence electrons. The molecule has 0 bridgehead atoms. The number of carbonyl (C=O) groups excluding carboxylic acids is 1. The van der Waals surface area contributed by atoms with Crippen molar-refractivity contribution in [1.82, 2.24) is 19.9 Å². The summed E-state index contributed by atoms with van der Waals surface area (Å²) < 4.78 is 4.91. The molecule has 2 rings (SSSR count). The van der Waals surface area contributed by atoms with Gasteiger partial charge in [-0.1, -0.05) is 0 Å². The summed E-state index contributed by atoms with van der Waals surface area (Å²) in [5, 5.41) is 0. The van der Waals surface area contributed by atoms with Crippen LogP contribution in [0.15, 0.2) is 0 Å². The third-order valence-corrected chi connectivity index (χ3v) is 2.43. The van der Waals surface area contributed by atoms with E-state index in [9.17, 15) is 4.79 Å². The molecule has 0 saturated carbocycles. The molecule has 2 aromatic rings. The topological polar surface area (TPSA) is 104 Å². The van der Waals surface area contributed by atoms with Gasteiger partial charge < -0.3 is 10.5 Å². The van der Waals surface area contributed by atoms with E-state index in [4.69, 9.17) is 10.5 Å². The Hall–Kier alpha value is -2.31. The average Bonchev–Trinajstić information content (AvgIpc) is 2.30. The SMILES string of the molecule is CCOC(=O)c1nc(N)nc2nc(C)c(C)nc12. The smallest absolute Gasteiger partial charge is 0.359 e. The molecule has 0 aliphatic rings. The van der Waals surface area contributed by atoms with Crippen LogP contribution >= 0.6 is 0 Å². The van der Waals surface area contributed by atoms with E-state index in [0.717, 1.165) is 5.69 Å². The van der Waals surface area contributed by atoms with E-state index in [0.29, 0.717) is 16.9 Å². The second kappa shape index (κ2) is 4.52. The summed E-state index contributed by atoms with van der Waals surface area (Å²) in [6.07, 6.45) is 0. The fourth-order valence-corrected chi connectivity index (χ4v) is 1.47. The summed E-state index contributed by atoms with van der Waals surface area (Å²) >= 11 is 0. The van der Waals surface area contributed by atoms with Crippen molar-refractivity contribution in [1.29, 1.82) is 0 Å². The molecule has 0 aliphatic heterocycles. The molecule has 18 heavy (non-hydrogen) atoms. The van der Waals surface area contributed by atoms with Crippen molar-refractivity contribution >= 4 is 23.1 Å². The Bertz CT molecular complexity index is 626. The highest BCUT2D eigenvalue weighted by atomic mass is 16.5. The van der Waals surface area contributed by atoms with Crippen molar-refractivity contribution in [3.63, 3.8) is 0 Å². The highest BCUT2D eigenvalue weighted by Crippen LogP contribution is 2.15. The van der Waals surface area contributed by atoms with Crippen molar-refractivity contribution in [2.45, 2.75) is 20.8 Å². The van der Waals surface area contributed by atoms with Gasteiger partial charge in [0.05, 0.1) is 18.0 Å². The average molecular weight is 247 g/mol. The van der Waals surface area contributed by atoms with Crippen molar-refractivity contribution < 1.29 is 9.53 Å². The lowest BCUT2D eigenvalue weighted by molar-refractivity contribution is 0.0522. The third-order valence-electron chi connectivity index (χ3n) is 2.43. The number of nitrogen functional groups attached to an aromatic ring is 1. The highest BCUT2D eigenvalue weighted by molar-refractivity contribution is 5.99. The Morgan fingerprint density at radius 2 is 1.83 bits per heavy atom. The fourth-order valence-electron chi connectivity index (χ4n) is 1.47. The van der Waals surface area contributed by atoms with Crippen molar-refractivity contribution in [2.24, 2.45) is 0 Å². The molecule has 2 N–H and O–H groups in total. The maximum absolute atomic E-state index is 11.8. The van der Waals surface area contributed by atoms with Crippen LogP contribution in [0, 0.1) is 13.8 Å². The lowest BCUT2D eigenvalue weighted by atomic mass is 10.3. The Kier molecular flexibility index (Phi) is 3.05. The number of anilines is 1. The summed E-state index contributed by atoms with van der Waals surface area (Å²) in [6, 6.07) is 0. The van der Waals surface area contributed by atoms with Gasteiger partial charge in [-0.15, -0.1) is 0 Å². The normalized spacial score (nSPS) is 10.6. The van der Waals surface area contributed by atoms with Crippen LogP contribution in [-0.4, -0.2) is 32.5 Å². The van der Waals surface area contributed by atoms with Gasteiger partial charge >= 0.3 is 5.97 Å². The van der Waals surface area contributed by atoms with E-state index < -0.39 is 5.97 Å². The molecule has 0 spiro atoms. The fraction of sp³-hybridized carbons (Fsp3) is 0.364. The molecular weight excluding hydrogens is 234 g/mol. The van der Waals surface area contributed by atoms with Crippen LogP contribution in [0.2, 0.25) is 0 Å². The minimum Gasteiger partial charge on any atom is -0.461 e. The Labute approximate surface area is 103 Å². The van der Waals surface area contributed by atoms with Gasteiger partial charge in [-0.05, 0) is 20.8 Å². The number of nitrogens with zero attached hydrogens (tertiary/aromatic N) is 4. The van der Waals surface area contributed by atoms with Crippen LogP contribution < -0.4 is 5.73 Å². The van der Waals surface area contributed by atoms with Gasteiger partial charge in [0.25, 0.3) is 0 Å². The lowest BCUT2D eigenvalue weighted by Gasteiger charge is -2.06. The Balaban J connectivity index is 2.71. The maximum atomic E-state index is 11.8. The number of nitrogens with two attached hydrogens (primary N) is 1. The zero-order valence-electron chi connectivity index (χ0n) is 10.4. The summed E-state index contributed by atoms with van der Waals surface area (Å²) in [6.45, 7) is 5.57. The van der Waals surface area contributed by atoms with Gasteiger partial charge in [-0.2, -0.15) is 4.98 Å². The Morgan fingerprint density at radius 1 is 1.17 bits per heavy atom. The number of rotatable bonds is 2. The second-order valence-corrected chi connectivity index (χ2v) is 3.72. The molecule has 0 unspecified atom stereocenters. The van der Waals surface area contributed by atoms with E-state index in [2.05, 4.69) is 19.9 Å². The number of fused-ring (bicyclic) bond motifs is 1. The third kappa shape index (κ3) is 2.06.